The number of fused-ring (bicyclic) bond motifs is 2. The Morgan fingerprint density at radius 2 is 1.69 bits per heavy atom. The van der Waals surface area contributed by atoms with Crippen LogP contribution in [0.4, 0.5) is 0 Å². The molecule has 0 saturated carbocycles. The first-order valence-corrected chi connectivity index (χ1v) is 11.0. The van der Waals surface area contributed by atoms with Crippen LogP contribution in [0.5, 0.6) is 5.75 Å². The van der Waals surface area contributed by atoms with Gasteiger partial charge in [0.2, 0.25) is 5.79 Å². The van der Waals surface area contributed by atoms with Crippen LogP contribution in [0.2, 0.25) is 5.02 Å². The Balaban J connectivity index is 1.72. The highest BCUT2D eigenvalue weighted by molar-refractivity contribution is 6.31. The zero-order valence-electron chi connectivity index (χ0n) is 18.3. The Bertz CT molecular complexity index is 979. The van der Waals surface area contributed by atoms with E-state index in [-0.39, 0.29) is 0 Å². The molecule has 2 aliphatic rings. The monoisotopic (exact) mass is 464 g/mol. The molecule has 8 heteroatoms. The summed E-state index contributed by atoms with van der Waals surface area (Å²) in [5, 5.41) is 42.8. The molecule has 2 aliphatic heterocycles. The minimum Gasteiger partial charge on any atom is -0.494 e. The molecule has 4 N–H and O–H groups in total. The van der Waals surface area contributed by atoms with Crippen LogP contribution in [-0.4, -0.2) is 63.2 Å². The van der Waals surface area contributed by atoms with Crippen LogP contribution in [0, 0.1) is 0 Å². The van der Waals surface area contributed by atoms with E-state index in [0.29, 0.717) is 23.6 Å². The van der Waals surface area contributed by atoms with Crippen molar-refractivity contribution in [1.82, 2.24) is 0 Å². The van der Waals surface area contributed by atoms with Crippen molar-refractivity contribution in [3.05, 3.63) is 64.2 Å². The van der Waals surface area contributed by atoms with Crippen LogP contribution >= 0.6 is 11.6 Å². The van der Waals surface area contributed by atoms with Crippen molar-refractivity contribution in [2.75, 3.05) is 13.2 Å². The molecule has 5 atom stereocenters. The van der Waals surface area contributed by atoms with E-state index in [4.69, 9.17) is 25.8 Å². The van der Waals surface area contributed by atoms with Crippen molar-refractivity contribution >= 4 is 11.6 Å². The summed E-state index contributed by atoms with van der Waals surface area (Å²) in [4.78, 5) is 0. The first-order chi connectivity index (χ1) is 15.1. The first-order valence-electron chi connectivity index (χ1n) is 10.7. The van der Waals surface area contributed by atoms with Crippen LogP contribution in [0.25, 0.3) is 0 Å². The molecule has 0 amide bonds. The van der Waals surface area contributed by atoms with Crippen molar-refractivity contribution < 1.29 is 34.6 Å². The third kappa shape index (κ3) is 3.44. The van der Waals surface area contributed by atoms with Gasteiger partial charge in [-0.2, -0.15) is 0 Å². The Morgan fingerprint density at radius 1 is 1.00 bits per heavy atom. The summed E-state index contributed by atoms with van der Waals surface area (Å²) in [7, 11) is 0. The number of rotatable bonds is 6. The molecule has 7 nitrogen and oxygen atoms in total. The lowest BCUT2D eigenvalue weighted by Gasteiger charge is -2.47. The largest absolute Gasteiger partial charge is 0.494 e. The van der Waals surface area contributed by atoms with Crippen LogP contribution < -0.4 is 4.74 Å². The lowest BCUT2D eigenvalue weighted by molar-refractivity contribution is -0.329. The average Bonchev–Trinajstić information content (AvgIpc) is 3.01. The van der Waals surface area contributed by atoms with Crippen LogP contribution in [0.3, 0.4) is 0 Å². The fourth-order valence-corrected chi connectivity index (χ4v) is 4.90. The molecule has 2 aromatic rings. The average molecular weight is 465 g/mol. The third-order valence-corrected chi connectivity index (χ3v) is 6.95. The molecule has 2 saturated heterocycles. The molecule has 0 unspecified atom stereocenters. The van der Waals surface area contributed by atoms with Gasteiger partial charge in [-0.15, -0.1) is 0 Å². The van der Waals surface area contributed by atoms with Gasteiger partial charge in [-0.05, 0) is 62.6 Å². The molecule has 0 spiro atoms. The van der Waals surface area contributed by atoms with E-state index >= 15 is 0 Å². The van der Waals surface area contributed by atoms with Crippen LogP contribution in [0.15, 0.2) is 42.5 Å². The fourth-order valence-electron chi connectivity index (χ4n) is 4.71. The van der Waals surface area contributed by atoms with Crippen molar-refractivity contribution in [2.45, 2.75) is 62.5 Å². The van der Waals surface area contributed by atoms with E-state index < -0.39 is 41.9 Å². The molecule has 0 aliphatic carbocycles. The molecular formula is C24H29ClO7. The molecule has 2 fully saturated rings. The molecule has 174 valence electrons. The highest BCUT2D eigenvalue weighted by atomic mass is 35.5. The van der Waals surface area contributed by atoms with Crippen LogP contribution in [-0.2, 0) is 21.7 Å². The number of aliphatic hydroxyl groups excluding tert-OH is 4. The summed E-state index contributed by atoms with van der Waals surface area (Å²) in [6.45, 7) is 5.21. The minimum absolute atomic E-state index is 0.435. The second-order valence-electron chi connectivity index (χ2n) is 8.87. The number of hydrogen-bond donors (Lipinski definition) is 4. The molecule has 0 aromatic heterocycles. The maximum Gasteiger partial charge on any atom is 0.225 e. The van der Waals surface area contributed by atoms with Gasteiger partial charge in [0.15, 0.2) is 5.60 Å². The summed E-state index contributed by atoms with van der Waals surface area (Å²) >= 11 is 6.47. The van der Waals surface area contributed by atoms with E-state index in [1.807, 2.05) is 31.2 Å². The summed E-state index contributed by atoms with van der Waals surface area (Å²) in [5.74, 6) is -0.994. The lowest BCUT2D eigenvalue weighted by atomic mass is 9.76. The predicted molar refractivity (Wildman–Crippen MR) is 118 cm³/mol. The van der Waals surface area contributed by atoms with Gasteiger partial charge in [0.1, 0.15) is 29.7 Å². The quantitative estimate of drug-likeness (QED) is 0.518. The molecule has 4 rings (SSSR count). The van der Waals surface area contributed by atoms with E-state index in [9.17, 15) is 20.4 Å². The first kappa shape index (κ1) is 23.4. The second-order valence-corrected chi connectivity index (χ2v) is 9.28. The summed E-state index contributed by atoms with van der Waals surface area (Å²) in [6, 6.07) is 12.8. The smallest absolute Gasteiger partial charge is 0.225 e. The van der Waals surface area contributed by atoms with Gasteiger partial charge in [-0.3, -0.25) is 0 Å². The van der Waals surface area contributed by atoms with Crippen LogP contribution in [0.1, 0.15) is 37.5 Å². The lowest BCUT2D eigenvalue weighted by Crippen LogP contribution is -2.68. The molecule has 2 bridgehead atoms. The SMILES string of the molecule is CCOc1ccc(Cc2cc([C@]34OC(C)(C)[C@](CO)(O3)[C@@H](O)[C@H](O)[C@H]4O)ccc2Cl)cc1. The fraction of sp³-hybridized carbons (Fsp3) is 0.500. The second kappa shape index (κ2) is 8.25. The zero-order chi connectivity index (χ0) is 23.3. The number of benzene rings is 2. The summed E-state index contributed by atoms with van der Waals surface area (Å²) < 4.78 is 17.8. The zero-order valence-corrected chi connectivity index (χ0v) is 19.0. The van der Waals surface area contributed by atoms with E-state index in [0.717, 1.165) is 16.9 Å². The Morgan fingerprint density at radius 3 is 2.31 bits per heavy atom. The minimum atomic E-state index is -1.77. The van der Waals surface area contributed by atoms with E-state index in [1.54, 1.807) is 32.0 Å². The Labute approximate surface area is 192 Å². The number of halogens is 1. The van der Waals surface area contributed by atoms with Crippen molar-refractivity contribution in [2.24, 2.45) is 0 Å². The highest BCUT2D eigenvalue weighted by Crippen LogP contribution is 2.57. The van der Waals surface area contributed by atoms with E-state index in [2.05, 4.69) is 0 Å². The molecule has 2 aromatic carbocycles. The Hall–Kier alpha value is -1.71. The van der Waals surface area contributed by atoms with Gasteiger partial charge in [-0.1, -0.05) is 29.8 Å². The van der Waals surface area contributed by atoms with Gasteiger partial charge in [0, 0.05) is 10.6 Å². The highest BCUT2D eigenvalue weighted by Gasteiger charge is 2.74. The standard InChI is InChI=1S/C24H29ClO7/c1-4-30-17-8-5-14(6-9-17)11-15-12-16(7-10-18(15)25)24-21(29)19(27)20(28)23(13-26,32-24)22(2,3)31-24/h5-10,12,19-21,26-29H,4,11,13H2,1-3H3/t19-,20-,21+,23+,24-/m0/s1. The Kier molecular flexibility index (Phi) is 6.05. The van der Waals surface area contributed by atoms with Gasteiger partial charge in [0.25, 0.3) is 0 Å². The van der Waals surface area contributed by atoms with Crippen molar-refractivity contribution in [3.8, 4) is 5.75 Å². The normalized spacial score (nSPS) is 33.3. The van der Waals surface area contributed by atoms with Crippen molar-refractivity contribution in [3.63, 3.8) is 0 Å². The van der Waals surface area contributed by atoms with Crippen molar-refractivity contribution in [1.29, 1.82) is 0 Å². The van der Waals surface area contributed by atoms with Gasteiger partial charge in [0.05, 0.1) is 13.2 Å². The maximum atomic E-state index is 10.9. The predicted octanol–water partition coefficient (Wildman–Crippen LogP) is 2.14. The van der Waals surface area contributed by atoms with E-state index in [1.165, 1.54) is 0 Å². The molecule has 0 radical (unpaired) electrons. The molecular weight excluding hydrogens is 436 g/mol. The number of aliphatic hydroxyl groups is 4. The third-order valence-electron chi connectivity index (χ3n) is 6.59. The number of ether oxygens (including phenoxy) is 3. The van der Waals surface area contributed by atoms with Gasteiger partial charge < -0.3 is 34.6 Å². The molecule has 32 heavy (non-hydrogen) atoms. The topological polar surface area (TPSA) is 109 Å². The van der Waals surface area contributed by atoms with Gasteiger partial charge in [-0.25, -0.2) is 0 Å². The maximum absolute atomic E-state index is 10.9. The molecule has 2 heterocycles. The number of hydrogen-bond acceptors (Lipinski definition) is 7. The summed E-state index contributed by atoms with van der Waals surface area (Å²) in [5.41, 5.74) is -0.607. The summed E-state index contributed by atoms with van der Waals surface area (Å²) in [6.07, 6.45) is -4.20. The van der Waals surface area contributed by atoms with Gasteiger partial charge >= 0.3 is 0 Å².